The highest BCUT2D eigenvalue weighted by molar-refractivity contribution is 5.30. The van der Waals surface area contributed by atoms with E-state index in [9.17, 15) is 0 Å². The Labute approximate surface area is 115 Å². The Hall–Kier alpha value is -1.06. The highest BCUT2D eigenvalue weighted by Crippen LogP contribution is 2.29. The van der Waals surface area contributed by atoms with Gasteiger partial charge in [0.05, 0.1) is 7.11 Å². The van der Waals surface area contributed by atoms with Gasteiger partial charge in [0.15, 0.2) is 0 Å². The number of benzene rings is 1. The van der Waals surface area contributed by atoms with Crippen molar-refractivity contribution in [1.29, 1.82) is 0 Å². The van der Waals surface area contributed by atoms with E-state index in [-0.39, 0.29) is 0 Å². The zero-order valence-corrected chi connectivity index (χ0v) is 11.9. The van der Waals surface area contributed by atoms with Crippen LogP contribution in [0.4, 0.5) is 0 Å². The maximum absolute atomic E-state index is 5.31. The summed E-state index contributed by atoms with van der Waals surface area (Å²) >= 11 is 0. The van der Waals surface area contributed by atoms with Gasteiger partial charge in [-0.15, -0.1) is 0 Å². The largest absolute Gasteiger partial charge is 0.497 e. The van der Waals surface area contributed by atoms with Crippen LogP contribution in [0.15, 0.2) is 24.3 Å². The number of hydrogen-bond acceptors (Lipinski definition) is 3. The van der Waals surface area contributed by atoms with Crippen molar-refractivity contribution in [1.82, 2.24) is 10.2 Å². The van der Waals surface area contributed by atoms with Gasteiger partial charge in [0.1, 0.15) is 5.75 Å². The second-order valence-corrected chi connectivity index (χ2v) is 5.91. The molecular weight excluding hydrogens is 236 g/mol. The van der Waals surface area contributed by atoms with Crippen molar-refractivity contribution < 1.29 is 4.74 Å². The van der Waals surface area contributed by atoms with Gasteiger partial charge in [0.25, 0.3) is 0 Å². The summed E-state index contributed by atoms with van der Waals surface area (Å²) < 4.78 is 5.31. The van der Waals surface area contributed by atoms with E-state index in [1.165, 1.54) is 38.0 Å². The predicted molar refractivity (Wildman–Crippen MR) is 77.5 cm³/mol. The third-order valence-electron chi connectivity index (χ3n) is 4.71. The van der Waals surface area contributed by atoms with Crippen LogP contribution in [0.25, 0.3) is 0 Å². The molecule has 3 heteroatoms. The van der Waals surface area contributed by atoms with Gasteiger partial charge in [-0.05, 0) is 56.5 Å². The molecular formula is C16H24N2O. The number of ether oxygens (including phenoxy) is 1. The number of methoxy groups -OCH3 is 1. The van der Waals surface area contributed by atoms with E-state index < -0.39 is 0 Å². The van der Waals surface area contributed by atoms with Crippen LogP contribution in [-0.4, -0.2) is 37.7 Å². The van der Waals surface area contributed by atoms with Crippen LogP contribution in [-0.2, 0) is 0 Å². The third kappa shape index (κ3) is 2.77. The monoisotopic (exact) mass is 260 g/mol. The van der Waals surface area contributed by atoms with E-state index in [1.807, 2.05) is 6.07 Å². The van der Waals surface area contributed by atoms with Crippen LogP contribution >= 0.6 is 0 Å². The van der Waals surface area contributed by atoms with Crippen LogP contribution in [0.3, 0.4) is 0 Å². The molecule has 0 amide bonds. The Morgan fingerprint density at radius 1 is 1.32 bits per heavy atom. The Balaban J connectivity index is 1.65. The molecule has 3 fully saturated rings. The molecule has 1 N–H and O–H groups in total. The summed E-state index contributed by atoms with van der Waals surface area (Å²) in [6.45, 7) is 6.08. The summed E-state index contributed by atoms with van der Waals surface area (Å²) in [4.78, 5) is 2.59. The maximum Gasteiger partial charge on any atom is 0.119 e. The van der Waals surface area contributed by atoms with E-state index >= 15 is 0 Å². The Morgan fingerprint density at radius 3 is 2.74 bits per heavy atom. The van der Waals surface area contributed by atoms with E-state index in [2.05, 4.69) is 35.3 Å². The minimum atomic E-state index is 0.389. The predicted octanol–water partition coefficient (Wildman–Crippen LogP) is 2.44. The second kappa shape index (κ2) is 5.51. The molecule has 3 saturated heterocycles. The van der Waals surface area contributed by atoms with Crippen LogP contribution in [0, 0.1) is 5.92 Å². The summed E-state index contributed by atoms with van der Waals surface area (Å²) in [6, 6.07) is 9.44. The first-order valence-corrected chi connectivity index (χ1v) is 7.38. The molecule has 0 aromatic heterocycles. The zero-order valence-electron chi connectivity index (χ0n) is 11.9. The van der Waals surface area contributed by atoms with Gasteiger partial charge >= 0.3 is 0 Å². The molecule has 0 spiro atoms. The molecule has 3 heterocycles. The molecule has 2 bridgehead atoms. The van der Waals surface area contributed by atoms with Crippen LogP contribution < -0.4 is 10.1 Å². The van der Waals surface area contributed by atoms with Crippen molar-refractivity contribution in [2.45, 2.75) is 31.8 Å². The number of nitrogens with one attached hydrogen (secondary N) is 1. The number of hydrogen-bond donors (Lipinski definition) is 1. The first kappa shape index (κ1) is 12.9. The van der Waals surface area contributed by atoms with Crippen molar-refractivity contribution in [3.8, 4) is 5.75 Å². The van der Waals surface area contributed by atoms with Crippen molar-refractivity contribution >= 4 is 0 Å². The fourth-order valence-corrected chi connectivity index (χ4v) is 3.48. The third-order valence-corrected chi connectivity index (χ3v) is 4.71. The summed E-state index contributed by atoms with van der Waals surface area (Å²) in [7, 11) is 1.73. The highest BCUT2D eigenvalue weighted by atomic mass is 16.5. The molecule has 19 heavy (non-hydrogen) atoms. The molecule has 0 saturated carbocycles. The van der Waals surface area contributed by atoms with E-state index in [4.69, 9.17) is 4.74 Å². The van der Waals surface area contributed by atoms with Gasteiger partial charge < -0.3 is 15.0 Å². The molecule has 0 aliphatic carbocycles. The average molecular weight is 260 g/mol. The molecule has 104 valence electrons. The number of rotatable bonds is 4. The van der Waals surface area contributed by atoms with E-state index in [1.54, 1.807) is 7.11 Å². The molecule has 2 atom stereocenters. The van der Waals surface area contributed by atoms with Gasteiger partial charge in [-0.3, -0.25) is 0 Å². The lowest BCUT2D eigenvalue weighted by Crippen LogP contribution is -2.56. The first-order chi connectivity index (χ1) is 9.26. The Kier molecular flexibility index (Phi) is 3.76. The number of fused-ring (bicyclic) bond motifs is 3. The van der Waals surface area contributed by atoms with Crippen LogP contribution in [0.1, 0.15) is 31.4 Å². The smallest absolute Gasteiger partial charge is 0.119 e. The van der Waals surface area contributed by atoms with Crippen molar-refractivity contribution in [2.75, 3.05) is 26.7 Å². The van der Waals surface area contributed by atoms with Gasteiger partial charge in [-0.2, -0.15) is 0 Å². The fraction of sp³-hybridized carbons (Fsp3) is 0.625. The van der Waals surface area contributed by atoms with Gasteiger partial charge in [0, 0.05) is 18.6 Å². The topological polar surface area (TPSA) is 24.5 Å². The first-order valence-electron chi connectivity index (χ1n) is 7.38. The van der Waals surface area contributed by atoms with Gasteiger partial charge in [-0.1, -0.05) is 12.1 Å². The molecule has 3 aliphatic rings. The minimum Gasteiger partial charge on any atom is -0.497 e. The molecule has 1 unspecified atom stereocenters. The van der Waals surface area contributed by atoms with E-state index in [0.717, 1.165) is 11.7 Å². The Morgan fingerprint density at radius 2 is 2.11 bits per heavy atom. The highest BCUT2D eigenvalue weighted by Gasteiger charge is 2.34. The minimum absolute atomic E-state index is 0.389. The molecule has 3 nitrogen and oxygen atoms in total. The summed E-state index contributed by atoms with van der Waals surface area (Å²) in [5.41, 5.74) is 1.32. The van der Waals surface area contributed by atoms with Crippen molar-refractivity contribution in [2.24, 2.45) is 5.92 Å². The van der Waals surface area contributed by atoms with Gasteiger partial charge in [0.2, 0.25) is 0 Å². The number of piperidine rings is 3. The lowest BCUT2D eigenvalue weighted by Gasteiger charge is -2.46. The van der Waals surface area contributed by atoms with Crippen LogP contribution in [0.2, 0.25) is 0 Å². The normalized spacial score (nSPS) is 31.2. The van der Waals surface area contributed by atoms with Crippen LogP contribution in [0.5, 0.6) is 5.75 Å². The maximum atomic E-state index is 5.31. The SMILES string of the molecule is COc1cccc([C@H](C)NC2CN3CCC2CC3)c1. The second-order valence-electron chi connectivity index (χ2n) is 5.91. The summed E-state index contributed by atoms with van der Waals surface area (Å²) in [5.74, 6) is 1.82. The average Bonchev–Trinajstić information content (AvgIpc) is 2.48. The lowest BCUT2D eigenvalue weighted by molar-refractivity contribution is 0.0680. The molecule has 4 rings (SSSR count). The van der Waals surface area contributed by atoms with Crippen molar-refractivity contribution in [3.05, 3.63) is 29.8 Å². The van der Waals surface area contributed by atoms with Crippen molar-refractivity contribution in [3.63, 3.8) is 0 Å². The zero-order chi connectivity index (χ0) is 13.2. The lowest BCUT2D eigenvalue weighted by atomic mass is 9.83. The molecule has 3 aliphatic heterocycles. The van der Waals surface area contributed by atoms with E-state index in [0.29, 0.717) is 12.1 Å². The number of nitrogens with zero attached hydrogens (tertiary/aromatic N) is 1. The molecule has 1 aromatic rings. The van der Waals surface area contributed by atoms with Gasteiger partial charge in [-0.25, -0.2) is 0 Å². The molecule has 1 aromatic carbocycles. The standard InChI is InChI=1S/C16H24N2O/c1-12(14-4-3-5-15(10-14)19-2)17-16-11-18-8-6-13(16)7-9-18/h3-5,10,12-13,16-17H,6-9,11H2,1-2H3/t12-,16?/m0/s1. The quantitative estimate of drug-likeness (QED) is 0.900. The summed E-state index contributed by atoms with van der Waals surface area (Å²) in [6.07, 6.45) is 2.73. The summed E-state index contributed by atoms with van der Waals surface area (Å²) in [5, 5.41) is 3.82. The Bertz CT molecular complexity index is 427. The fourth-order valence-electron chi connectivity index (χ4n) is 3.48. The molecule has 0 radical (unpaired) electrons.